The van der Waals surface area contributed by atoms with Crippen LogP contribution in [0.4, 0.5) is 4.39 Å². The number of hydrogen-bond acceptors (Lipinski definition) is 8. The lowest BCUT2D eigenvalue weighted by molar-refractivity contribution is 0.102. The molecule has 0 atom stereocenters. The van der Waals surface area contributed by atoms with Crippen molar-refractivity contribution < 1.29 is 18.7 Å². The van der Waals surface area contributed by atoms with Crippen molar-refractivity contribution >= 4 is 34.5 Å². The van der Waals surface area contributed by atoms with Crippen molar-refractivity contribution in [1.29, 1.82) is 0 Å². The number of Topliss-reactive ketones (excluding diaryl/α,β-unsaturated/α-hetero) is 1. The van der Waals surface area contributed by atoms with Gasteiger partial charge in [-0.25, -0.2) is 13.6 Å². The van der Waals surface area contributed by atoms with E-state index in [1.165, 1.54) is 23.7 Å². The van der Waals surface area contributed by atoms with Crippen LogP contribution in [0.15, 0.2) is 57.2 Å². The maximum atomic E-state index is 13.5. The molecule has 5 aromatic rings. The number of imidazole rings is 1. The maximum absolute atomic E-state index is 13.5. The summed E-state index contributed by atoms with van der Waals surface area (Å²) in [6.07, 6.45) is 0. The van der Waals surface area contributed by atoms with E-state index in [2.05, 4.69) is 10.2 Å². The number of halogens is 1. The summed E-state index contributed by atoms with van der Waals surface area (Å²) >= 11 is 1.14. The van der Waals surface area contributed by atoms with Crippen LogP contribution in [-0.2, 0) is 20.6 Å². The molecular formula is C25H21FN6O5S. The van der Waals surface area contributed by atoms with Gasteiger partial charge >= 0.3 is 5.69 Å². The topological polar surface area (TPSA) is 115 Å². The zero-order valence-electron chi connectivity index (χ0n) is 20.4. The number of aromatic nitrogens is 6. The molecule has 6 rings (SSSR count). The van der Waals surface area contributed by atoms with E-state index in [1.807, 2.05) is 0 Å². The highest BCUT2D eigenvalue weighted by Gasteiger charge is 2.24. The largest absolute Gasteiger partial charge is 0.486 e. The zero-order valence-corrected chi connectivity index (χ0v) is 21.2. The van der Waals surface area contributed by atoms with Crippen molar-refractivity contribution in [2.75, 3.05) is 19.0 Å². The molecule has 11 nitrogen and oxygen atoms in total. The predicted octanol–water partition coefficient (Wildman–Crippen LogP) is 2.01. The van der Waals surface area contributed by atoms with Crippen LogP contribution in [0.1, 0.15) is 15.9 Å². The van der Waals surface area contributed by atoms with E-state index >= 15 is 0 Å². The van der Waals surface area contributed by atoms with E-state index in [9.17, 15) is 18.8 Å². The van der Waals surface area contributed by atoms with Crippen molar-refractivity contribution in [2.45, 2.75) is 11.7 Å². The van der Waals surface area contributed by atoms with Gasteiger partial charge in [-0.3, -0.25) is 23.3 Å². The van der Waals surface area contributed by atoms with E-state index in [4.69, 9.17) is 9.47 Å². The number of ketones is 1. The number of ether oxygens (including phenoxy) is 2. The smallest absolute Gasteiger partial charge is 0.332 e. The summed E-state index contributed by atoms with van der Waals surface area (Å²) in [6.45, 7) is 1.07. The fourth-order valence-corrected chi connectivity index (χ4v) is 5.30. The highest BCUT2D eigenvalue weighted by molar-refractivity contribution is 7.99. The minimum Gasteiger partial charge on any atom is -0.486 e. The van der Waals surface area contributed by atoms with E-state index < -0.39 is 11.2 Å². The second-order valence-electron chi connectivity index (χ2n) is 8.78. The first kappa shape index (κ1) is 24.0. The lowest BCUT2D eigenvalue weighted by Crippen LogP contribution is -2.37. The maximum Gasteiger partial charge on any atom is 0.332 e. The predicted molar refractivity (Wildman–Crippen MR) is 137 cm³/mol. The number of nitrogens with zero attached hydrogens (tertiary/aromatic N) is 6. The molecule has 194 valence electrons. The van der Waals surface area contributed by atoms with Gasteiger partial charge in [0, 0.05) is 19.7 Å². The average molecular weight is 537 g/mol. The fraction of sp³-hybridized carbons (Fsp3) is 0.240. The van der Waals surface area contributed by atoms with Gasteiger partial charge in [0.05, 0.1) is 12.3 Å². The van der Waals surface area contributed by atoms with E-state index in [0.717, 1.165) is 21.9 Å². The Morgan fingerprint density at radius 2 is 1.74 bits per heavy atom. The Bertz CT molecular complexity index is 1850. The highest BCUT2D eigenvalue weighted by Crippen LogP contribution is 2.32. The molecule has 38 heavy (non-hydrogen) atoms. The molecule has 0 N–H and O–H groups in total. The molecule has 0 unspecified atom stereocenters. The van der Waals surface area contributed by atoms with Gasteiger partial charge in [-0.05, 0) is 35.9 Å². The highest BCUT2D eigenvalue weighted by atomic mass is 32.2. The number of fused-ring (bicyclic) bond motifs is 4. The lowest BCUT2D eigenvalue weighted by Gasteiger charge is -2.18. The first-order valence-corrected chi connectivity index (χ1v) is 12.7. The first-order valence-electron chi connectivity index (χ1n) is 11.7. The van der Waals surface area contributed by atoms with Crippen LogP contribution in [0.25, 0.3) is 16.9 Å². The number of carbonyl (C=O) groups excluding carboxylic acids is 1. The van der Waals surface area contributed by atoms with Crippen LogP contribution in [-0.4, -0.2) is 53.0 Å². The Kier molecular flexibility index (Phi) is 5.79. The molecule has 0 amide bonds. The first-order chi connectivity index (χ1) is 18.3. The minimum absolute atomic E-state index is 0.0316. The molecular weight excluding hydrogens is 515 g/mol. The SMILES string of the molecule is Cn1c(=O)c2c(n(C)c1=O)n1c(SCC(=O)c3ccc4c(c3)OCCO4)nnc1n2Cc1ccc(F)cc1. The van der Waals surface area contributed by atoms with Crippen molar-refractivity contribution in [1.82, 2.24) is 28.3 Å². The van der Waals surface area contributed by atoms with Crippen LogP contribution in [0, 0.1) is 5.82 Å². The summed E-state index contributed by atoms with van der Waals surface area (Å²) in [5, 5.41) is 8.89. The number of rotatable bonds is 6. The van der Waals surface area contributed by atoms with Gasteiger partial charge in [-0.2, -0.15) is 0 Å². The molecule has 1 aliphatic rings. The fourth-order valence-electron chi connectivity index (χ4n) is 4.48. The van der Waals surface area contributed by atoms with Gasteiger partial charge in [0.25, 0.3) is 5.56 Å². The number of aryl methyl sites for hydroxylation is 1. The number of thioether (sulfide) groups is 1. The molecule has 0 spiro atoms. The van der Waals surface area contributed by atoms with Crippen LogP contribution >= 0.6 is 11.8 Å². The lowest BCUT2D eigenvalue weighted by atomic mass is 10.1. The number of carbonyl (C=O) groups is 1. The third kappa shape index (κ3) is 3.86. The van der Waals surface area contributed by atoms with E-state index in [1.54, 1.807) is 46.3 Å². The molecule has 1 aliphatic heterocycles. The molecule has 0 radical (unpaired) electrons. The summed E-state index contributed by atoms with van der Waals surface area (Å²) in [6, 6.07) is 10.9. The average Bonchev–Trinajstić information content (AvgIpc) is 3.49. The van der Waals surface area contributed by atoms with Gasteiger partial charge in [0.1, 0.15) is 19.0 Å². The number of hydrogen-bond donors (Lipinski definition) is 0. The normalized spacial score (nSPS) is 12.9. The molecule has 0 aliphatic carbocycles. The monoisotopic (exact) mass is 536 g/mol. The van der Waals surface area contributed by atoms with Crippen LogP contribution in [0.5, 0.6) is 11.5 Å². The molecule has 13 heteroatoms. The van der Waals surface area contributed by atoms with Gasteiger partial charge in [-0.1, -0.05) is 23.9 Å². The summed E-state index contributed by atoms with van der Waals surface area (Å²) < 4.78 is 30.2. The minimum atomic E-state index is -0.514. The Morgan fingerprint density at radius 3 is 2.50 bits per heavy atom. The van der Waals surface area contributed by atoms with Crippen molar-refractivity contribution in [2.24, 2.45) is 14.1 Å². The Morgan fingerprint density at radius 1 is 1.00 bits per heavy atom. The summed E-state index contributed by atoms with van der Waals surface area (Å²) in [7, 11) is 2.96. The third-order valence-corrected chi connectivity index (χ3v) is 7.33. The van der Waals surface area contributed by atoms with Gasteiger partial charge in [0.2, 0.25) is 5.78 Å². The zero-order chi connectivity index (χ0) is 26.6. The Labute approximate surface area is 218 Å². The van der Waals surface area contributed by atoms with Crippen LogP contribution in [0.3, 0.4) is 0 Å². The number of benzene rings is 2. The molecule has 0 bridgehead atoms. The van der Waals surface area contributed by atoms with Gasteiger partial charge in [-0.15, -0.1) is 10.2 Å². The van der Waals surface area contributed by atoms with Crippen molar-refractivity contribution in [3.63, 3.8) is 0 Å². The summed E-state index contributed by atoms with van der Waals surface area (Å²) in [5.74, 6) is 0.922. The Hall–Kier alpha value is -4.39. The summed E-state index contributed by atoms with van der Waals surface area (Å²) in [5.41, 5.74) is 0.716. The summed E-state index contributed by atoms with van der Waals surface area (Å²) in [4.78, 5) is 39.0. The standard InChI is InChI=1S/C25H21FN6O5S/c1-29-21-20(22(34)30(2)25(29)35)31(12-14-3-6-16(26)7-4-14)23-27-28-24(32(21)23)38-13-17(33)15-5-8-18-19(11-15)37-10-9-36-18/h3-8,11H,9-10,12-13H2,1-2H3. The molecule has 3 aromatic heterocycles. The van der Waals surface area contributed by atoms with Crippen LogP contribution in [0.2, 0.25) is 0 Å². The van der Waals surface area contributed by atoms with E-state index in [0.29, 0.717) is 46.9 Å². The van der Waals surface area contributed by atoms with Crippen LogP contribution < -0.4 is 20.7 Å². The second kappa shape index (κ2) is 9.17. The van der Waals surface area contributed by atoms with E-state index in [-0.39, 0.29) is 29.4 Å². The molecule has 4 heterocycles. The van der Waals surface area contributed by atoms with Gasteiger partial charge in [0.15, 0.2) is 33.6 Å². The quantitative estimate of drug-likeness (QED) is 0.239. The molecule has 0 saturated heterocycles. The molecule has 0 saturated carbocycles. The second-order valence-corrected chi connectivity index (χ2v) is 9.72. The molecule has 0 fully saturated rings. The van der Waals surface area contributed by atoms with Gasteiger partial charge < -0.3 is 9.47 Å². The van der Waals surface area contributed by atoms with Crippen molar-refractivity contribution in [3.8, 4) is 11.5 Å². The Balaban J connectivity index is 1.41. The third-order valence-electron chi connectivity index (χ3n) is 6.40. The van der Waals surface area contributed by atoms with Crippen molar-refractivity contribution in [3.05, 3.63) is 80.2 Å². The molecule has 2 aromatic carbocycles.